The van der Waals surface area contributed by atoms with Crippen LogP contribution in [-0.2, 0) is 26.0 Å². The maximum Gasteiger partial charge on any atom is 0.264 e. The summed E-state index contributed by atoms with van der Waals surface area (Å²) in [6, 6.07) is 23.1. The predicted molar refractivity (Wildman–Crippen MR) is 152 cm³/mol. The van der Waals surface area contributed by atoms with Gasteiger partial charge in [0.15, 0.2) is 0 Å². The van der Waals surface area contributed by atoms with Crippen LogP contribution in [0.1, 0.15) is 26.3 Å². The summed E-state index contributed by atoms with van der Waals surface area (Å²) in [5, 5.41) is 3.29. The maximum atomic E-state index is 13.8. The summed E-state index contributed by atoms with van der Waals surface area (Å²) in [5.41, 5.74) is 1.35. The van der Waals surface area contributed by atoms with Crippen molar-refractivity contribution in [3.63, 3.8) is 0 Å². The molecular weight excluding hydrogens is 522 g/mol. The summed E-state index contributed by atoms with van der Waals surface area (Å²) in [5.74, 6) is -0.515. The molecule has 0 radical (unpaired) electrons. The van der Waals surface area contributed by atoms with Gasteiger partial charge >= 0.3 is 0 Å². The highest BCUT2D eigenvalue weighted by atomic mass is 35.5. The van der Waals surface area contributed by atoms with Gasteiger partial charge in [-0.3, -0.25) is 13.9 Å². The van der Waals surface area contributed by atoms with E-state index in [1.165, 1.54) is 29.2 Å². The normalized spacial score (nSPS) is 12.1. The molecular formula is C29H34ClN3O4S. The molecule has 0 aliphatic carbocycles. The fraction of sp³-hybridized carbons (Fsp3) is 0.310. The van der Waals surface area contributed by atoms with Gasteiger partial charge in [-0.05, 0) is 61.2 Å². The molecule has 1 N–H and O–H groups in total. The van der Waals surface area contributed by atoms with E-state index in [0.29, 0.717) is 23.7 Å². The van der Waals surface area contributed by atoms with Gasteiger partial charge in [-0.1, -0.05) is 74.0 Å². The Morgan fingerprint density at radius 2 is 1.45 bits per heavy atom. The van der Waals surface area contributed by atoms with Crippen molar-refractivity contribution < 1.29 is 18.0 Å². The number of halogens is 1. The first-order valence-electron chi connectivity index (χ1n) is 12.5. The van der Waals surface area contributed by atoms with Crippen LogP contribution >= 0.6 is 11.6 Å². The molecule has 2 amide bonds. The second-order valence-corrected chi connectivity index (χ2v) is 11.7. The number of carbonyl (C=O) groups is 2. The Balaban J connectivity index is 1.93. The number of carbonyl (C=O) groups excluding carboxylic acids is 2. The molecule has 0 aromatic heterocycles. The molecule has 0 heterocycles. The molecule has 9 heteroatoms. The predicted octanol–water partition coefficient (Wildman–Crippen LogP) is 4.77. The molecule has 1 unspecified atom stereocenters. The minimum atomic E-state index is -4.11. The first-order valence-corrected chi connectivity index (χ1v) is 14.4. The zero-order chi connectivity index (χ0) is 27.7. The molecule has 38 heavy (non-hydrogen) atoms. The van der Waals surface area contributed by atoms with Crippen molar-refractivity contribution >= 4 is 39.1 Å². The minimum absolute atomic E-state index is 0.0112. The lowest BCUT2D eigenvalue weighted by atomic mass is 10.1. The van der Waals surface area contributed by atoms with Crippen molar-refractivity contribution in [1.82, 2.24) is 10.2 Å². The van der Waals surface area contributed by atoms with Gasteiger partial charge in [0.05, 0.1) is 10.6 Å². The van der Waals surface area contributed by atoms with Crippen LogP contribution in [-0.4, -0.2) is 50.8 Å². The smallest absolute Gasteiger partial charge is 0.264 e. The van der Waals surface area contributed by atoms with Crippen LogP contribution in [0.2, 0.25) is 5.02 Å². The Hall–Kier alpha value is -3.36. The summed E-state index contributed by atoms with van der Waals surface area (Å²) < 4.78 is 28.5. The third-order valence-electron chi connectivity index (χ3n) is 6.06. The number of amides is 2. The largest absolute Gasteiger partial charge is 0.354 e. The van der Waals surface area contributed by atoms with Crippen molar-refractivity contribution in [2.75, 3.05) is 23.9 Å². The van der Waals surface area contributed by atoms with Crippen molar-refractivity contribution in [1.29, 1.82) is 0 Å². The van der Waals surface area contributed by atoms with Crippen LogP contribution in [0.25, 0.3) is 0 Å². The van der Waals surface area contributed by atoms with Gasteiger partial charge in [0.2, 0.25) is 11.8 Å². The van der Waals surface area contributed by atoms with E-state index < -0.39 is 28.5 Å². The van der Waals surface area contributed by atoms with Crippen LogP contribution in [0.5, 0.6) is 0 Å². The zero-order valence-electron chi connectivity index (χ0n) is 21.9. The number of nitrogens with one attached hydrogen (secondary N) is 1. The Morgan fingerprint density at radius 1 is 0.868 bits per heavy atom. The number of nitrogens with zero attached hydrogens (tertiary/aromatic N) is 2. The van der Waals surface area contributed by atoms with Crippen LogP contribution in [0.3, 0.4) is 0 Å². The highest BCUT2D eigenvalue weighted by Gasteiger charge is 2.32. The number of sulfonamides is 1. The maximum absolute atomic E-state index is 13.8. The average Bonchev–Trinajstić information content (AvgIpc) is 2.91. The van der Waals surface area contributed by atoms with Crippen molar-refractivity contribution in [2.24, 2.45) is 5.92 Å². The van der Waals surface area contributed by atoms with Gasteiger partial charge in [0, 0.05) is 18.1 Å². The Morgan fingerprint density at radius 3 is 2.03 bits per heavy atom. The van der Waals surface area contributed by atoms with Gasteiger partial charge in [-0.2, -0.15) is 0 Å². The zero-order valence-corrected chi connectivity index (χ0v) is 23.5. The van der Waals surface area contributed by atoms with Gasteiger partial charge < -0.3 is 10.2 Å². The lowest BCUT2D eigenvalue weighted by molar-refractivity contribution is -0.138. The molecule has 3 aromatic rings. The number of benzene rings is 3. The van der Waals surface area contributed by atoms with Crippen molar-refractivity contribution in [3.8, 4) is 0 Å². The number of rotatable bonds is 12. The standard InChI is InChI=1S/C29H34ClN3O4S/c1-22(2)20-31-29(35)23(3)32(19-18-24-10-6-4-7-11-24)28(34)21-33(26-12-8-5-9-13-26)38(36,37)27-16-14-25(30)15-17-27/h4-17,22-23H,18-21H2,1-3H3,(H,31,35). The van der Waals surface area contributed by atoms with E-state index in [4.69, 9.17) is 11.6 Å². The Bertz CT molecular complexity index is 1300. The second-order valence-electron chi connectivity index (χ2n) is 9.44. The second kappa shape index (κ2) is 13.4. The molecule has 0 aliphatic rings. The number of anilines is 1. The lowest BCUT2D eigenvalue weighted by Crippen LogP contribution is -2.52. The Kier molecular flexibility index (Phi) is 10.3. The van der Waals surface area contributed by atoms with Crippen LogP contribution < -0.4 is 9.62 Å². The number of hydrogen-bond acceptors (Lipinski definition) is 4. The highest BCUT2D eigenvalue weighted by molar-refractivity contribution is 7.92. The van der Waals surface area contributed by atoms with E-state index in [2.05, 4.69) is 5.32 Å². The molecule has 0 fully saturated rings. The molecule has 0 bridgehead atoms. The molecule has 7 nitrogen and oxygen atoms in total. The molecule has 1 atom stereocenters. The van der Waals surface area contributed by atoms with Gasteiger partial charge in [0.1, 0.15) is 12.6 Å². The molecule has 0 saturated heterocycles. The van der Waals surface area contributed by atoms with E-state index in [1.54, 1.807) is 37.3 Å². The van der Waals surface area contributed by atoms with Gasteiger partial charge in [-0.25, -0.2) is 8.42 Å². The molecule has 0 saturated carbocycles. The number of para-hydroxylation sites is 1. The molecule has 3 aromatic carbocycles. The monoisotopic (exact) mass is 555 g/mol. The van der Waals surface area contributed by atoms with E-state index in [-0.39, 0.29) is 23.3 Å². The first-order chi connectivity index (χ1) is 18.1. The number of hydrogen-bond donors (Lipinski definition) is 1. The van der Waals surface area contributed by atoms with Crippen molar-refractivity contribution in [2.45, 2.75) is 38.1 Å². The lowest BCUT2D eigenvalue weighted by Gasteiger charge is -2.32. The van der Waals surface area contributed by atoms with E-state index >= 15 is 0 Å². The fourth-order valence-corrected chi connectivity index (χ4v) is 5.42. The van der Waals surface area contributed by atoms with Gasteiger partial charge in [0.25, 0.3) is 10.0 Å². The highest BCUT2D eigenvalue weighted by Crippen LogP contribution is 2.25. The molecule has 202 valence electrons. The summed E-state index contributed by atoms with van der Waals surface area (Å²) in [6.07, 6.45) is 0.518. The van der Waals surface area contributed by atoms with Crippen LogP contribution in [0.15, 0.2) is 89.8 Å². The summed E-state index contributed by atoms with van der Waals surface area (Å²) in [6.45, 7) is 5.91. The minimum Gasteiger partial charge on any atom is -0.354 e. The quantitative estimate of drug-likeness (QED) is 0.349. The molecule has 0 aliphatic heterocycles. The first kappa shape index (κ1) is 29.2. The van der Waals surface area contributed by atoms with Gasteiger partial charge in [-0.15, -0.1) is 0 Å². The average molecular weight is 556 g/mol. The summed E-state index contributed by atoms with van der Waals surface area (Å²) >= 11 is 5.97. The SMILES string of the molecule is CC(C)CNC(=O)C(C)N(CCc1ccccc1)C(=O)CN(c1ccccc1)S(=O)(=O)c1ccc(Cl)cc1. The van der Waals surface area contributed by atoms with Crippen LogP contribution in [0, 0.1) is 5.92 Å². The van der Waals surface area contributed by atoms with Crippen LogP contribution in [0.4, 0.5) is 5.69 Å². The fourth-order valence-electron chi connectivity index (χ4n) is 3.88. The third-order valence-corrected chi connectivity index (χ3v) is 8.10. The van der Waals surface area contributed by atoms with E-state index in [9.17, 15) is 18.0 Å². The third kappa shape index (κ3) is 7.82. The van der Waals surface area contributed by atoms with E-state index in [1.807, 2.05) is 44.2 Å². The summed E-state index contributed by atoms with van der Waals surface area (Å²) in [7, 11) is -4.11. The molecule has 3 rings (SSSR count). The van der Waals surface area contributed by atoms with E-state index in [0.717, 1.165) is 9.87 Å². The van der Waals surface area contributed by atoms with Crippen molar-refractivity contribution in [3.05, 3.63) is 95.5 Å². The Labute approximate surface area is 230 Å². The molecule has 0 spiro atoms. The topological polar surface area (TPSA) is 86.8 Å². The summed E-state index contributed by atoms with van der Waals surface area (Å²) in [4.78, 5) is 28.2.